The molecule has 1 saturated heterocycles. The summed E-state index contributed by atoms with van der Waals surface area (Å²) in [5.74, 6) is -1.07. The lowest BCUT2D eigenvalue weighted by Gasteiger charge is -2.34. The molecule has 0 radical (unpaired) electrons. The van der Waals surface area contributed by atoms with Gasteiger partial charge in [0.25, 0.3) is 11.8 Å². The van der Waals surface area contributed by atoms with Gasteiger partial charge >= 0.3 is 0 Å². The first kappa shape index (κ1) is 20.3. The lowest BCUT2D eigenvalue weighted by molar-refractivity contribution is -0.143. The average Bonchev–Trinajstić information content (AvgIpc) is 3.31. The Morgan fingerprint density at radius 2 is 1.68 bits per heavy atom. The molecule has 158 valence electrons. The van der Waals surface area contributed by atoms with E-state index in [4.69, 9.17) is 0 Å². The molecular formula is C23H23N5O3. The Kier molecular flexibility index (Phi) is 6.07. The van der Waals surface area contributed by atoms with Crippen molar-refractivity contribution in [1.82, 2.24) is 25.9 Å². The highest BCUT2D eigenvalue weighted by Gasteiger charge is 2.33. The van der Waals surface area contributed by atoms with E-state index in [2.05, 4.69) is 21.0 Å². The zero-order valence-corrected chi connectivity index (χ0v) is 16.9. The van der Waals surface area contributed by atoms with Gasteiger partial charge in [-0.05, 0) is 24.5 Å². The number of hydrazine groups is 1. The molecule has 1 atom stereocenters. The van der Waals surface area contributed by atoms with Gasteiger partial charge in [0.15, 0.2) is 0 Å². The minimum atomic E-state index is -0.809. The van der Waals surface area contributed by atoms with E-state index in [1.165, 1.54) is 0 Å². The summed E-state index contributed by atoms with van der Waals surface area (Å²) < 4.78 is 0. The zero-order valence-electron chi connectivity index (χ0n) is 16.9. The topological polar surface area (TPSA) is 107 Å². The summed E-state index contributed by atoms with van der Waals surface area (Å²) in [6.07, 6.45) is 2.07. The molecule has 1 aliphatic heterocycles. The van der Waals surface area contributed by atoms with Crippen LogP contribution >= 0.6 is 0 Å². The van der Waals surface area contributed by atoms with Crippen molar-refractivity contribution in [3.63, 3.8) is 0 Å². The van der Waals surface area contributed by atoms with Crippen LogP contribution in [-0.2, 0) is 9.59 Å². The molecule has 31 heavy (non-hydrogen) atoms. The Bertz CT molecular complexity index is 1070. The van der Waals surface area contributed by atoms with Crippen LogP contribution in [0.1, 0.15) is 41.4 Å². The van der Waals surface area contributed by atoms with Crippen molar-refractivity contribution in [2.75, 3.05) is 6.54 Å². The number of hydrogen-bond acceptors (Lipinski definition) is 4. The van der Waals surface area contributed by atoms with Crippen LogP contribution in [0.2, 0.25) is 0 Å². The minimum absolute atomic E-state index is 0.0670. The van der Waals surface area contributed by atoms with Crippen LogP contribution in [0.3, 0.4) is 0 Å². The Morgan fingerprint density at radius 1 is 0.968 bits per heavy atom. The summed E-state index contributed by atoms with van der Waals surface area (Å²) >= 11 is 0. The molecule has 8 heteroatoms. The van der Waals surface area contributed by atoms with Crippen molar-refractivity contribution < 1.29 is 14.4 Å². The fourth-order valence-corrected chi connectivity index (χ4v) is 3.66. The van der Waals surface area contributed by atoms with Gasteiger partial charge in [-0.25, -0.2) is 0 Å². The largest absolute Gasteiger partial charge is 0.326 e. The standard InChI is InChI=1S/C23H23N5O3/c29-20-13-7-8-14-28(20)21(17-11-5-2-6-12-17)23(31)27-26-22(30)19-15-18(24-25-19)16-9-3-1-4-10-16/h1-6,9-12,15,21H,7-8,13-14H2,(H,24,25)(H,26,30)(H,27,31). The Balaban J connectivity index is 1.46. The molecule has 0 spiro atoms. The van der Waals surface area contributed by atoms with Crippen LogP contribution in [0, 0.1) is 0 Å². The Morgan fingerprint density at radius 3 is 2.39 bits per heavy atom. The smallest absolute Gasteiger partial charge is 0.287 e. The molecule has 0 bridgehead atoms. The fourth-order valence-electron chi connectivity index (χ4n) is 3.66. The van der Waals surface area contributed by atoms with Gasteiger partial charge in [-0.1, -0.05) is 60.7 Å². The summed E-state index contributed by atoms with van der Waals surface area (Å²) in [5, 5.41) is 6.83. The lowest BCUT2D eigenvalue weighted by atomic mass is 10.0. The molecule has 3 N–H and O–H groups in total. The first-order valence-corrected chi connectivity index (χ1v) is 10.2. The normalized spacial score (nSPS) is 14.7. The maximum Gasteiger partial charge on any atom is 0.287 e. The SMILES string of the molecule is O=C(NNC(=O)C(c1ccccc1)N1CCCCC1=O)c1cc(-c2ccccc2)n[nH]1. The molecular weight excluding hydrogens is 394 g/mol. The van der Waals surface area contributed by atoms with Gasteiger partial charge in [-0.2, -0.15) is 5.10 Å². The number of rotatable bonds is 5. The summed E-state index contributed by atoms with van der Waals surface area (Å²) in [6.45, 7) is 0.501. The van der Waals surface area contributed by atoms with Gasteiger partial charge in [-0.3, -0.25) is 30.3 Å². The number of carbonyl (C=O) groups is 3. The highest BCUT2D eigenvalue weighted by molar-refractivity contribution is 5.96. The average molecular weight is 417 g/mol. The molecule has 1 aromatic heterocycles. The summed E-state index contributed by atoms with van der Waals surface area (Å²) in [5.41, 5.74) is 7.28. The molecule has 2 aromatic carbocycles. The summed E-state index contributed by atoms with van der Waals surface area (Å²) in [4.78, 5) is 39.6. The van der Waals surface area contributed by atoms with Gasteiger partial charge in [0.2, 0.25) is 5.91 Å². The van der Waals surface area contributed by atoms with E-state index in [9.17, 15) is 14.4 Å². The molecule has 0 saturated carbocycles. The number of carbonyl (C=O) groups excluding carboxylic acids is 3. The second-order valence-electron chi connectivity index (χ2n) is 7.33. The van der Waals surface area contributed by atoms with Gasteiger partial charge < -0.3 is 4.90 Å². The van der Waals surface area contributed by atoms with Crippen LogP contribution in [0.25, 0.3) is 11.3 Å². The maximum absolute atomic E-state index is 13.0. The molecule has 2 heterocycles. The highest BCUT2D eigenvalue weighted by atomic mass is 16.2. The molecule has 3 amide bonds. The van der Waals surface area contributed by atoms with Gasteiger partial charge in [0.1, 0.15) is 11.7 Å². The van der Waals surface area contributed by atoms with Gasteiger partial charge in [-0.15, -0.1) is 0 Å². The third-order valence-electron chi connectivity index (χ3n) is 5.23. The van der Waals surface area contributed by atoms with E-state index >= 15 is 0 Å². The number of amides is 3. The van der Waals surface area contributed by atoms with Crippen molar-refractivity contribution in [2.24, 2.45) is 0 Å². The quantitative estimate of drug-likeness (QED) is 0.555. The number of piperidine rings is 1. The molecule has 0 aliphatic carbocycles. The van der Waals surface area contributed by atoms with Crippen LogP contribution in [-0.4, -0.2) is 39.4 Å². The molecule has 1 unspecified atom stereocenters. The molecule has 8 nitrogen and oxygen atoms in total. The molecule has 1 fully saturated rings. The summed E-state index contributed by atoms with van der Waals surface area (Å²) in [7, 11) is 0. The number of likely N-dealkylation sites (tertiary alicyclic amines) is 1. The second-order valence-corrected chi connectivity index (χ2v) is 7.33. The van der Waals surface area contributed by atoms with E-state index in [0.29, 0.717) is 24.2 Å². The van der Waals surface area contributed by atoms with E-state index < -0.39 is 17.9 Å². The van der Waals surface area contributed by atoms with Crippen molar-refractivity contribution in [3.05, 3.63) is 78.0 Å². The first-order valence-electron chi connectivity index (χ1n) is 10.2. The minimum Gasteiger partial charge on any atom is -0.326 e. The third-order valence-corrected chi connectivity index (χ3v) is 5.23. The van der Waals surface area contributed by atoms with Gasteiger partial charge in [0.05, 0.1) is 5.69 Å². The van der Waals surface area contributed by atoms with E-state index in [1.54, 1.807) is 23.1 Å². The van der Waals surface area contributed by atoms with Crippen LogP contribution in [0.4, 0.5) is 0 Å². The highest BCUT2D eigenvalue weighted by Crippen LogP contribution is 2.25. The van der Waals surface area contributed by atoms with Crippen molar-refractivity contribution in [2.45, 2.75) is 25.3 Å². The molecule has 4 rings (SSSR count). The number of nitrogens with zero attached hydrogens (tertiary/aromatic N) is 2. The number of aromatic amines is 1. The molecule has 3 aromatic rings. The van der Waals surface area contributed by atoms with Crippen LogP contribution in [0.15, 0.2) is 66.7 Å². The predicted molar refractivity (Wildman–Crippen MR) is 114 cm³/mol. The summed E-state index contributed by atoms with van der Waals surface area (Å²) in [6, 6.07) is 19.3. The zero-order chi connectivity index (χ0) is 21.6. The number of H-pyrrole nitrogens is 1. The van der Waals surface area contributed by atoms with Crippen LogP contribution < -0.4 is 10.9 Å². The second kappa shape index (κ2) is 9.25. The number of aromatic nitrogens is 2. The van der Waals surface area contributed by atoms with E-state index in [0.717, 1.165) is 18.4 Å². The van der Waals surface area contributed by atoms with Crippen molar-refractivity contribution >= 4 is 17.7 Å². The third kappa shape index (κ3) is 4.63. The van der Waals surface area contributed by atoms with E-state index in [-0.39, 0.29) is 11.6 Å². The first-order chi connectivity index (χ1) is 15.1. The monoisotopic (exact) mass is 417 g/mol. The lowest BCUT2D eigenvalue weighted by Crippen LogP contribution is -2.50. The Hall–Kier alpha value is -3.94. The number of benzene rings is 2. The van der Waals surface area contributed by atoms with Gasteiger partial charge in [0, 0.05) is 18.5 Å². The number of hydrogen-bond donors (Lipinski definition) is 3. The molecule has 1 aliphatic rings. The predicted octanol–water partition coefficient (Wildman–Crippen LogP) is 2.59. The van der Waals surface area contributed by atoms with Crippen molar-refractivity contribution in [1.29, 1.82) is 0 Å². The van der Waals surface area contributed by atoms with E-state index in [1.807, 2.05) is 48.5 Å². The fraction of sp³-hybridized carbons (Fsp3) is 0.217. The Labute approximate surface area is 179 Å². The maximum atomic E-state index is 13.0. The van der Waals surface area contributed by atoms with Crippen LogP contribution in [0.5, 0.6) is 0 Å². The van der Waals surface area contributed by atoms with Crippen molar-refractivity contribution in [3.8, 4) is 11.3 Å². The number of nitrogens with one attached hydrogen (secondary N) is 3.